The van der Waals surface area contributed by atoms with Crippen LogP contribution in [0.2, 0.25) is 0 Å². The molecule has 1 atom stereocenters. The monoisotopic (exact) mass is 424 g/mol. The van der Waals surface area contributed by atoms with Crippen LogP contribution in [0.5, 0.6) is 5.75 Å². The molecular formula is C26H36N2O3. The number of hydrogen-bond acceptors (Lipinski definition) is 4. The van der Waals surface area contributed by atoms with Gasteiger partial charge in [-0.15, -0.1) is 0 Å². The minimum absolute atomic E-state index is 0.257. The number of rotatable bonds is 5. The number of fused-ring (bicyclic) bond motifs is 1. The normalized spacial score (nSPS) is 25.5. The van der Waals surface area contributed by atoms with E-state index >= 15 is 0 Å². The van der Waals surface area contributed by atoms with Gasteiger partial charge in [-0.2, -0.15) is 0 Å². The summed E-state index contributed by atoms with van der Waals surface area (Å²) in [6, 6.07) is 10.4. The summed E-state index contributed by atoms with van der Waals surface area (Å²) in [7, 11) is 0. The highest BCUT2D eigenvalue weighted by atomic mass is 16.5. The molecule has 1 saturated heterocycles. The fraction of sp³-hybridized carbons (Fsp3) is 0.615. The first-order chi connectivity index (χ1) is 14.8. The van der Waals surface area contributed by atoms with Gasteiger partial charge in [0.25, 0.3) is 0 Å². The van der Waals surface area contributed by atoms with Crippen LogP contribution in [0.3, 0.4) is 0 Å². The van der Waals surface area contributed by atoms with E-state index in [9.17, 15) is 9.90 Å². The minimum atomic E-state index is -0.685. The Labute approximate surface area is 185 Å². The summed E-state index contributed by atoms with van der Waals surface area (Å²) >= 11 is 0. The molecule has 1 N–H and O–H groups in total. The van der Waals surface area contributed by atoms with Crippen molar-refractivity contribution in [3.05, 3.63) is 36.0 Å². The molecule has 2 heterocycles. The molecule has 2 aromatic rings. The Morgan fingerprint density at radius 2 is 1.90 bits per heavy atom. The molecule has 2 fully saturated rings. The molecule has 5 nitrogen and oxygen atoms in total. The number of carbonyl (C=O) groups is 1. The van der Waals surface area contributed by atoms with E-state index in [1.807, 2.05) is 12.1 Å². The zero-order valence-electron chi connectivity index (χ0n) is 19.1. The molecule has 1 aliphatic carbocycles. The van der Waals surface area contributed by atoms with E-state index in [1.54, 1.807) is 0 Å². The number of carboxylic acid groups (broad SMARTS) is 1. The highest BCUT2D eigenvalue weighted by Gasteiger charge is 2.30. The van der Waals surface area contributed by atoms with Crippen LogP contribution >= 0.6 is 0 Å². The van der Waals surface area contributed by atoms with Crippen molar-refractivity contribution >= 4 is 16.9 Å². The molecule has 0 spiro atoms. The van der Waals surface area contributed by atoms with E-state index in [-0.39, 0.29) is 5.92 Å². The van der Waals surface area contributed by atoms with Gasteiger partial charge >= 0.3 is 5.97 Å². The number of ether oxygens (including phenoxy) is 1. The van der Waals surface area contributed by atoms with Crippen LogP contribution in [-0.2, 0) is 11.3 Å². The lowest BCUT2D eigenvalue weighted by Crippen LogP contribution is -2.38. The largest absolute Gasteiger partial charge is 0.490 e. The smallest absolute Gasteiger partial charge is 0.307 e. The van der Waals surface area contributed by atoms with Crippen molar-refractivity contribution in [1.29, 1.82) is 0 Å². The Morgan fingerprint density at radius 3 is 2.61 bits per heavy atom. The van der Waals surface area contributed by atoms with Crippen LogP contribution in [0.15, 0.2) is 30.3 Å². The van der Waals surface area contributed by atoms with Gasteiger partial charge in [0.05, 0.1) is 23.2 Å². The van der Waals surface area contributed by atoms with Gasteiger partial charge in [-0.25, -0.2) is 0 Å². The van der Waals surface area contributed by atoms with Crippen molar-refractivity contribution in [3.63, 3.8) is 0 Å². The second-order valence-electron chi connectivity index (χ2n) is 10.5. The van der Waals surface area contributed by atoms with Gasteiger partial charge in [-0.05, 0) is 80.7 Å². The average molecular weight is 425 g/mol. The van der Waals surface area contributed by atoms with Gasteiger partial charge in [0.2, 0.25) is 0 Å². The maximum atomic E-state index is 11.3. The first-order valence-electron chi connectivity index (χ1n) is 11.8. The summed E-state index contributed by atoms with van der Waals surface area (Å²) in [4.78, 5) is 18.3. The second-order valence-corrected chi connectivity index (χ2v) is 10.5. The maximum absolute atomic E-state index is 11.3. The van der Waals surface area contributed by atoms with Gasteiger partial charge in [0, 0.05) is 18.5 Å². The molecule has 1 unspecified atom stereocenters. The molecule has 1 aromatic heterocycles. The number of aromatic nitrogens is 1. The lowest BCUT2D eigenvalue weighted by atomic mass is 9.72. The fourth-order valence-electron chi connectivity index (χ4n) is 5.18. The molecule has 0 bridgehead atoms. The Kier molecular flexibility index (Phi) is 6.52. The van der Waals surface area contributed by atoms with Crippen LogP contribution < -0.4 is 4.74 Å². The van der Waals surface area contributed by atoms with Crippen molar-refractivity contribution in [2.45, 2.75) is 71.9 Å². The summed E-state index contributed by atoms with van der Waals surface area (Å²) in [5, 5.41) is 10.4. The van der Waals surface area contributed by atoms with E-state index in [4.69, 9.17) is 9.72 Å². The highest BCUT2D eigenvalue weighted by molar-refractivity contribution is 5.80. The van der Waals surface area contributed by atoms with Crippen LogP contribution in [0, 0.1) is 17.3 Å². The number of hydrogen-bond donors (Lipinski definition) is 1. The predicted octanol–water partition coefficient (Wildman–Crippen LogP) is 5.52. The topological polar surface area (TPSA) is 62.7 Å². The third kappa shape index (κ3) is 5.57. The maximum Gasteiger partial charge on any atom is 0.307 e. The Morgan fingerprint density at radius 1 is 1.13 bits per heavy atom. The molecule has 168 valence electrons. The summed E-state index contributed by atoms with van der Waals surface area (Å²) in [6.45, 7) is 9.29. The molecule has 2 aliphatic rings. The number of piperidine rings is 1. The second kappa shape index (κ2) is 9.15. The lowest BCUT2D eigenvalue weighted by Gasteiger charge is -2.36. The molecular weight excluding hydrogens is 388 g/mol. The van der Waals surface area contributed by atoms with Crippen LogP contribution in [0.25, 0.3) is 10.9 Å². The number of likely N-dealkylation sites (tertiary alicyclic amines) is 1. The molecule has 0 amide bonds. The first kappa shape index (κ1) is 22.1. The Hall–Kier alpha value is -2.14. The van der Waals surface area contributed by atoms with E-state index in [0.717, 1.165) is 60.5 Å². The van der Waals surface area contributed by atoms with E-state index in [1.165, 1.54) is 12.8 Å². The van der Waals surface area contributed by atoms with Crippen LogP contribution in [-0.4, -0.2) is 40.2 Å². The molecule has 1 saturated carbocycles. The number of pyridine rings is 1. The minimum Gasteiger partial charge on any atom is -0.490 e. The lowest BCUT2D eigenvalue weighted by molar-refractivity contribution is -0.143. The third-order valence-electron chi connectivity index (χ3n) is 7.16. The van der Waals surface area contributed by atoms with Crippen molar-refractivity contribution in [1.82, 2.24) is 9.88 Å². The van der Waals surface area contributed by atoms with Gasteiger partial charge in [0.15, 0.2) is 0 Å². The van der Waals surface area contributed by atoms with Crippen molar-refractivity contribution in [2.75, 3.05) is 13.1 Å². The quantitative estimate of drug-likeness (QED) is 0.685. The summed E-state index contributed by atoms with van der Waals surface area (Å²) in [5.74, 6) is 0.779. The standard InChI is InChI=1S/C26H36N2O3/c1-26(2,3)20-7-10-22(11-8-20)31-23-12-13-24-18(15-23)6-9-21(27-24)17-28-14-4-5-19(16-28)25(29)30/h6,9,12-13,15,19-20,22H,4-5,7-8,10-11,14,16-17H2,1-3H3,(H,29,30). The van der Waals surface area contributed by atoms with Crippen molar-refractivity contribution in [3.8, 4) is 5.75 Å². The van der Waals surface area contributed by atoms with E-state index in [2.05, 4.69) is 43.9 Å². The zero-order valence-corrected chi connectivity index (χ0v) is 19.1. The number of nitrogens with zero attached hydrogens (tertiary/aromatic N) is 2. The van der Waals surface area contributed by atoms with E-state index in [0.29, 0.717) is 24.6 Å². The predicted molar refractivity (Wildman–Crippen MR) is 123 cm³/mol. The van der Waals surface area contributed by atoms with Gasteiger partial charge < -0.3 is 9.84 Å². The number of benzene rings is 1. The van der Waals surface area contributed by atoms with Gasteiger partial charge in [-0.1, -0.05) is 26.8 Å². The first-order valence-corrected chi connectivity index (χ1v) is 11.8. The summed E-state index contributed by atoms with van der Waals surface area (Å²) < 4.78 is 6.32. The molecule has 0 radical (unpaired) electrons. The molecule has 4 rings (SSSR count). The summed E-state index contributed by atoms with van der Waals surface area (Å²) in [6.07, 6.45) is 6.76. The van der Waals surface area contributed by atoms with Gasteiger partial charge in [-0.3, -0.25) is 14.7 Å². The van der Waals surface area contributed by atoms with Crippen LogP contribution in [0.4, 0.5) is 0 Å². The van der Waals surface area contributed by atoms with Crippen molar-refractivity contribution < 1.29 is 14.6 Å². The van der Waals surface area contributed by atoms with Crippen LogP contribution in [0.1, 0.15) is 65.0 Å². The summed E-state index contributed by atoms with van der Waals surface area (Å²) in [5.41, 5.74) is 2.35. The molecule has 31 heavy (non-hydrogen) atoms. The average Bonchev–Trinajstić information content (AvgIpc) is 2.74. The zero-order chi connectivity index (χ0) is 22.0. The number of aliphatic carboxylic acids is 1. The highest BCUT2D eigenvalue weighted by Crippen LogP contribution is 2.39. The Bertz CT molecular complexity index is 912. The SMILES string of the molecule is CC(C)(C)C1CCC(Oc2ccc3nc(CN4CCCC(C(=O)O)C4)ccc3c2)CC1. The molecule has 1 aromatic carbocycles. The molecule has 5 heteroatoms. The molecule has 1 aliphatic heterocycles. The van der Waals surface area contributed by atoms with Crippen molar-refractivity contribution in [2.24, 2.45) is 17.3 Å². The fourth-order valence-corrected chi connectivity index (χ4v) is 5.18. The Balaban J connectivity index is 1.37. The third-order valence-corrected chi connectivity index (χ3v) is 7.16. The number of carboxylic acids is 1. The van der Waals surface area contributed by atoms with E-state index < -0.39 is 5.97 Å². The van der Waals surface area contributed by atoms with Gasteiger partial charge in [0.1, 0.15) is 5.75 Å².